The minimum atomic E-state index is -3.63. The maximum Gasteiger partial charge on any atom is 0.246 e. The van der Waals surface area contributed by atoms with Gasteiger partial charge in [0.25, 0.3) is 0 Å². The van der Waals surface area contributed by atoms with Crippen LogP contribution in [-0.2, 0) is 15.9 Å². The van der Waals surface area contributed by atoms with Gasteiger partial charge < -0.3 is 4.74 Å². The van der Waals surface area contributed by atoms with E-state index in [-0.39, 0.29) is 16.5 Å². The van der Waals surface area contributed by atoms with Crippen LogP contribution in [0, 0.1) is 0 Å². The van der Waals surface area contributed by atoms with Gasteiger partial charge in [0.05, 0.1) is 13.0 Å². The number of hydrogen-bond donors (Lipinski definition) is 0. The number of hydrogen-bond acceptors (Lipinski definition) is 4. The first-order valence-corrected chi connectivity index (χ1v) is 10.0. The number of rotatable bonds is 4. The number of benzene rings is 1. The van der Waals surface area contributed by atoms with Gasteiger partial charge in [0, 0.05) is 29.4 Å². The summed E-state index contributed by atoms with van der Waals surface area (Å²) in [7, 11) is -2.19. The van der Waals surface area contributed by atoms with Crippen molar-refractivity contribution >= 4 is 45.0 Å². The van der Waals surface area contributed by atoms with Crippen molar-refractivity contribution in [2.24, 2.45) is 0 Å². The number of sulfonamides is 1. The highest BCUT2D eigenvalue weighted by Crippen LogP contribution is 2.35. The van der Waals surface area contributed by atoms with Crippen LogP contribution in [0.4, 0.5) is 0 Å². The van der Waals surface area contributed by atoms with Crippen molar-refractivity contribution in [3.8, 4) is 5.75 Å². The lowest BCUT2D eigenvalue weighted by Gasteiger charge is -2.22. The summed E-state index contributed by atoms with van der Waals surface area (Å²) < 4.78 is 32.5. The molecule has 0 aliphatic carbocycles. The zero-order chi connectivity index (χ0) is 15.5. The van der Waals surface area contributed by atoms with Crippen LogP contribution in [0.15, 0.2) is 17.0 Å². The van der Waals surface area contributed by atoms with Crippen LogP contribution >= 0.6 is 35.0 Å². The quantitative estimate of drug-likeness (QED) is 0.764. The lowest BCUT2D eigenvalue weighted by Crippen LogP contribution is -2.33. The third kappa shape index (κ3) is 3.79. The molecule has 118 valence electrons. The fourth-order valence-corrected chi connectivity index (χ4v) is 5.46. The van der Waals surface area contributed by atoms with E-state index in [0.717, 1.165) is 17.9 Å². The SMILES string of the molecule is COc1c(CCl)cc(Cl)cc1S(=O)(=O)N1CCCSCC1. The smallest absolute Gasteiger partial charge is 0.246 e. The Morgan fingerprint density at radius 3 is 2.76 bits per heavy atom. The van der Waals surface area contributed by atoms with E-state index >= 15 is 0 Å². The summed E-state index contributed by atoms with van der Waals surface area (Å²) in [4.78, 5) is 0.0973. The minimum absolute atomic E-state index is 0.0973. The monoisotopic (exact) mass is 369 g/mol. The van der Waals surface area contributed by atoms with Crippen LogP contribution in [0.1, 0.15) is 12.0 Å². The second kappa shape index (κ2) is 7.42. The zero-order valence-electron chi connectivity index (χ0n) is 11.6. The van der Waals surface area contributed by atoms with Crippen LogP contribution in [-0.4, -0.2) is 44.4 Å². The molecule has 1 aromatic rings. The van der Waals surface area contributed by atoms with Crippen molar-refractivity contribution in [2.45, 2.75) is 17.2 Å². The fraction of sp³-hybridized carbons (Fsp3) is 0.538. The Hall–Kier alpha value is -0.140. The van der Waals surface area contributed by atoms with Crippen molar-refractivity contribution in [1.29, 1.82) is 0 Å². The third-order valence-corrected chi connectivity index (χ3v) is 6.70. The van der Waals surface area contributed by atoms with Gasteiger partial charge in [-0.05, 0) is 24.3 Å². The predicted molar refractivity (Wildman–Crippen MR) is 88.3 cm³/mol. The maximum absolute atomic E-state index is 12.9. The van der Waals surface area contributed by atoms with Crippen molar-refractivity contribution < 1.29 is 13.2 Å². The third-order valence-electron chi connectivity index (χ3n) is 3.24. The first kappa shape index (κ1) is 17.2. The zero-order valence-corrected chi connectivity index (χ0v) is 14.8. The maximum atomic E-state index is 12.9. The van der Waals surface area contributed by atoms with Gasteiger partial charge in [0.1, 0.15) is 10.6 Å². The normalized spacial score (nSPS) is 17.5. The number of nitrogens with zero attached hydrogens (tertiary/aromatic N) is 1. The number of ether oxygens (including phenoxy) is 1. The van der Waals surface area contributed by atoms with Crippen molar-refractivity contribution in [3.63, 3.8) is 0 Å². The van der Waals surface area contributed by atoms with Gasteiger partial charge in [-0.1, -0.05) is 11.6 Å². The molecule has 0 bridgehead atoms. The second-order valence-corrected chi connectivity index (χ2v) is 8.43. The number of halogens is 2. The van der Waals surface area contributed by atoms with Gasteiger partial charge >= 0.3 is 0 Å². The molecule has 1 heterocycles. The van der Waals surface area contributed by atoms with Crippen LogP contribution < -0.4 is 4.74 Å². The molecular weight excluding hydrogens is 353 g/mol. The van der Waals surface area contributed by atoms with Gasteiger partial charge in [0.2, 0.25) is 10.0 Å². The van der Waals surface area contributed by atoms with E-state index in [9.17, 15) is 8.42 Å². The summed E-state index contributed by atoms with van der Waals surface area (Å²) in [5, 5.41) is 0.342. The Balaban J connectivity index is 2.50. The molecule has 4 nitrogen and oxygen atoms in total. The average molecular weight is 370 g/mol. The molecule has 1 saturated heterocycles. The molecular formula is C13H17Cl2NO3S2. The Morgan fingerprint density at radius 1 is 1.33 bits per heavy atom. The topological polar surface area (TPSA) is 46.6 Å². The van der Waals surface area contributed by atoms with E-state index in [1.807, 2.05) is 0 Å². The lowest BCUT2D eigenvalue weighted by atomic mass is 10.2. The molecule has 2 rings (SSSR count). The average Bonchev–Trinajstić information content (AvgIpc) is 2.75. The van der Waals surface area contributed by atoms with Crippen LogP contribution in [0.5, 0.6) is 5.75 Å². The Kier molecular flexibility index (Phi) is 6.08. The van der Waals surface area contributed by atoms with Gasteiger partial charge in [-0.2, -0.15) is 16.1 Å². The van der Waals surface area contributed by atoms with Gasteiger partial charge in [-0.25, -0.2) is 8.42 Å². The molecule has 0 unspecified atom stereocenters. The van der Waals surface area contributed by atoms with E-state index in [0.29, 0.717) is 23.7 Å². The Labute approximate surface area is 139 Å². The minimum Gasteiger partial charge on any atom is -0.495 e. The summed E-state index contributed by atoms with van der Waals surface area (Å²) >= 11 is 13.7. The molecule has 1 aromatic carbocycles. The summed E-state index contributed by atoms with van der Waals surface area (Å²) in [6.45, 7) is 1.01. The predicted octanol–water partition coefficient (Wildman–Crippen LogP) is 3.22. The summed E-state index contributed by atoms with van der Waals surface area (Å²) in [5.41, 5.74) is 0.578. The first-order valence-electron chi connectivity index (χ1n) is 6.51. The molecule has 0 radical (unpaired) electrons. The highest BCUT2D eigenvalue weighted by atomic mass is 35.5. The van der Waals surface area contributed by atoms with Crippen LogP contribution in [0.2, 0.25) is 5.02 Å². The number of methoxy groups -OCH3 is 1. The number of thioether (sulfide) groups is 1. The van der Waals surface area contributed by atoms with Crippen molar-refractivity contribution in [1.82, 2.24) is 4.31 Å². The van der Waals surface area contributed by atoms with Gasteiger partial charge in [-0.15, -0.1) is 11.6 Å². The molecule has 0 aromatic heterocycles. The largest absolute Gasteiger partial charge is 0.495 e. The lowest BCUT2D eigenvalue weighted by molar-refractivity contribution is 0.391. The molecule has 1 aliphatic rings. The fourth-order valence-electron chi connectivity index (χ4n) is 2.25. The first-order chi connectivity index (χ1) is 10.0. The molecule has 0 N–H and O–H groups in total. The number of alkyl halides is 1. The van der Waals surface area contributed by atoms with Crippen LogP contribution in [0.25, 0.3) is 0 Å². The molecule has 1 fully saturated rings. The molecule has 1 aliphatic heterocycles. The van der Waals surface area contributed by atoms with Crippen molar-refractivity contribution in [3.05, 3.63) is 22.7 Å². The standard InChI is InChI=1S/C13H17Cl2NO3S2/c1-19-13-10(9-14)7-11(15)8-12(13)21(17,18)16-3-2-5-20-6-4-16/h7-8H,2-6,9H2,1H3. The summed E-state index contributed by atoms with van der Waals surface area (Å²) in [6, 6.07) is 3.06. The van der Waals surface area contributed by atoms with Crippen molar-refractivity contribution in [2.75, 3.05) is 31.7 Å². The van der Waals surface area contributed by atoms with E-state index in [2.05, 4.69) is 0 Å². The molecule has 0 spiro atoms. The Morgan fingerprint density at radius 2 is 2.10 bits per heavy atom. The molecule has 21 heavy (non-hydrogen) atoms. The Bertz CT molecular complexity index is 600. The van der Waals surface area contributed by atoms with E-state index in [4.69, 9.17) is 27.9 Å². The highest BCUT2D eigenvalue weighted by molar-refractivity contribution is 7.99. The van der Waals surface area contributed by atoms with Gasteiger partial charge in [-0.3, -0.25) is 0 Å². The van der Waals surface area contributed by atoms with E-state index < -0.39 is 10.0 Å². The highest BCUT2D eigenvalue weighted by Gasteiger charge is 2.30. The molecule has 8 heteroatoms. The summed E-state index contributed by atoms with van der Waals surface area (Å²) in [6.07, 6.45) is 0.842. The second-order valence-electron chi connectivity index (χ2n) is 4.60. The van der Waals surface area contributed by atoms with E-state index in [1.165, 1.54) is 17.5 Å². The molecule has 0 atom stereocenters. The summed E-state index contributed by atoms with van der Waals surface area (Å²) in [5.74, 6) is 2.20. The van der Waals surface area contributed by atoms with Gasteiger partial charge in [0.15, 0.2) is 0 Å². The molecule has 0 amide bonds. The molecule has 0 saturated carbocycles. The van der Waals surface area contributed by atoms with E-state index in [1.54, 1.807) is 17.8 Å². The van der Waals surface area contributed by atoms with Crippen LogP contribution in [0.3, 0.4) is 0 Å².